The standard InChI is InChI=1S/C11H20N2O2/c1-8-3-2-6-13(8)7-10(11(14)15)12-9-4-5-9/h8-10,12H,2-7H2,1H3,(H,14,15). The van der Waals surface area contributed by atoms with Gasteiger partial charge in [0.25, 0.3) is 0 Å². The minimum atomic E-state index is -0.707. The van der Waals surface area contributed by atoms with E-state index in [1.807, 2.05) is 0 Å². The average molecular weight is 212 g/mol. The van der Waals surface area contributed by atoms with Gasteiger partial charge in [0.2, 0.25) is 0 Å². The summed E-state index contributed by atoms with van der Waals surface area (Å²) < 4.78 is 0. The number of carboxylic acids is 1. The fourth-order valence-electron chi connectivity index (χ4n) is 2.24. The van der Waals surface area contributed by atoms with E-state index in [0.29, 0.717) is 18.6 Å². The SMILES string of the molecule is CC1CCCN1CC(NC1CC1)C(=O)O. The van der Waals surface area contributed by atoms with Crippen molar-refractivity contribution in [1.29, 1.82) is 0 Å². The number of hydrogen-bond donors (Lipinski definition) is 2. The molecule has 1 aliphatic heterocycles. The molecule has 0 aromatic carbocycles. The topological polar surface area (TPSA) is 52.6 Å². The summed E-state index contributed by atoms with van der Waals surface area (Å²) in [6, 6.07) is 0.634. The molecule has 2 rings (SSSR count). The summed E-state index contributed by atoms with van der Waals surface area (Å²) in [5, 5.41) is 12.3. The van der Waals surface area contributed by atoms with Gasteiger partial charge >= 0.3 is 5.97 Å². The Hall–Kier alpha value is -0.610. The van der Waals surface area contributed by atoms with Crippen LogP contribution in [0.2, 0.25) is 0 Å². The maximum atomic E-state index is 11.1. The molecule has 0 aromatic rings. The third-order valence-corrected chi connectivity index (χ3v) is 3.42. The van der Waals surface area contributed by atoms with Crippen LogP contribution in [0, 0.1) is 0 Å². The highest BCUT2D eigenvalue weighted by Crippen LogP contribution is 2.21. The minimum Gasteiger partial charge on any atom is -0.480 e. The first-order chi connectivity index (χ1) is 7.16. The maximum absolute atomic E-state index is 11.1. The second kappa shape index (κ2) is 4.49. The van der Waals surface area contributed by atoms with Crippen LogP contribution in [-0.4, -0.2) is 47.2 Å². The molecular weight excluding hydrogens is 192 g/mol. The van der Waals surface area contributed by atoms with E-state index in [9.17, 15) is 4.79 Å². The van der Waals surface area contributed by atoms with Crippen molar-refractivity contribution < 1.29 is 9.90 Å². The van der Waals surface area contributed by atoms with E-state index in [2.05, 4.69) is 17.1 Å². The van der Waals surface area contributed by atoms with Crippen LogP contribution < -0.4 is 5.32 Å². The fraction of sp³-hybridized carbons (Fsp3) is 0.909. The first-order valence-electron chi connectivity index (χ1n) is 5.89. The number of nitrogens with one attached hydrogen (secondary N) is 1. The Morgan fingerprint density at radius 1 is 1.53 bits per heavy atom. The third kappa shape index (κ3) is 2.92. The normalized spacial score (nSPS) is 29.3. The summed E-state index contributed by atoms with van der Waals surface area (Å²) in [7, 11) is 0. The molecule has 2 aliphatic rings. The fourth-order valence-corrected chi connectivity index (χ4v) is 2.24. The van der Waals surface area contributed by atoms with Gasteiger partial charge in [-0.15, -0.1) is 0 Å². The molecule has 1 heterocycles. The van der Waals surface area contributed by atoms with E-state index in [-0.39, 0.29) is 6.04 Å². The maximum Gasteiger partial charge on any atom is 0.322 e. The summed E-state index contributed by atoms with van der Waals surface area (Å²) in [5.41, 5.74) is 0. The summed E-state index contributed by atoms with van der Waals surface area (Å²) in [6.07, 6.45) is 4.69. The summed E-state index contributed by atoms with van der Waals surface area (Å²) in [5.74, 6) is -0.707. The quantitative estimate of drug-likeness (QED) is 0.703. The number of carbonyl (C=O) groups is 1. The van der Waals surface area contributed by atoms with Crippen LogP contribution in [-0.2, 0) is 4.79 Å². The van der Waals surface area contributed by atoms with Crippen molar-refractivity contribution in [3.8, 4) is 0 Å². The summed E-state index contributed by atoms with van der Waals surface area (Å²) in [6.45, 7) is 3.90. The van der Waals surface area contributed by atoms with Gasteiger partial charge in [-0.05, 0) is 39.2 Å². The lowest BCUT2D eigenvalue weighted by Gasteiger charge is -2.25. The van der Waals surface area contributed by atoms with Crippen LogP contribution >= 0.6 is 0 Å². The number of aliphatic carboxylic acids is 1. The molecule has 1 saturated carbocycles. The number of likely N-dealkylation sites (tertiary alicyclic amines) is 1. The molecule has 1 saturated heterocycles. The molecule has 0 bridgehead atoms. The largest absolute Gasteiger partial charge is 0.480 e. The molecule has 15 heavy (non-hydrogen) atoms. The van der Waals surface area contributed by atoms with Crippen LogP contribution in [0.4, 0.5) is 0 Å². The van der Waals surface area contributed by atoms with E-state index in [0.717, 1.165) is 19.4 Å². The molecule has 2 atom stereocenters. The molecule has 0 aromatic heterocycles. The first kappa shape index (κ1) is 10.9. The lowest BCUT2D eigenvalue weighted by molar-refractivity contribution is -0.140. The van der Waals surface area contributed by atoms with Crippen LogP contribution in [0.3, 0.4) is 0 Å². The molecule has 0 radical (unpaired) electrons. The van der Waals surface area contributed by atoms with E-state index in [4.69, 9.17) is 5.11 Å². The Morgan fingerprint density at radius 2 is 2.27 bits per heavy atom. The van der Waals surface area contributed by atoms with E-state index < -0.39 is 5.97 Å². The lowest BCUT2D eigenvalue weighted by Crippen LogP contribution is -2.47. The van der Waals surface area contributed by atoms with Gasteiger partial charge in [0, 0.05) is 18.6 Å². The highest BCUT2D eigenvalue weighted by Gasteiger charge is 2.31. The number of rotatable bonds is 5. The molecule has 1 aliphatic carbocycles. The zero-order chi connectivity index (χ0) is 10.8. The Balaban J connectivity index is 1.84. The predicted molar refractivity (Wildman–Crippen MR) is 57.9 cm³/mol. The molecule has 4 heteroatoms. The first-order valence-corrected chi connectivity index (χ1v) is 5.89. The van der Waals surface area contributed by atoms with Crippen LogP contribution in [0.25, 0.3) is 0 Å². The third-order valence-electron chi connectivity index (χ3n) is 3.42. The monoisotopic (exact) mass is 212 g/mol. The summed E-state index contributed by atoms with van der Waals surface area (Å²) >= 11 is 0. The summed E-state index contributed by atoms with van der Waals surface area (Å²) in [4.78, 5) is 13.4. The predicted octanol–water partition coefficient (Wildman–Crippen LogP) is 0.676. The number of nitrogens with zero attached hydrogens (tertiary/aromatic N) is 1. The average Bonchev–Trinajstić information content (AvgIpc) is 2.90. The van der Waals surface area contributed by atoms with Gasteiger partial charge in [0.1, 0.15) is 6.04 Å². The van der Waals surface area contributed by atoms with Gasteiger partial charge in [-0.1, -0.05) is 0 Å². The smallest absolute Gasteiger partial charge is 0.322 e. The second-order valence-electron chi connectivity index (χ2n) is 4.82. The lowest BCUT2D eigenvalue weighted by atomic mass is 10.2. The zero-order valence-electron chi connectivity index (χ0n) is 9.28. The van der Waals surface area contributed by atoms with Gasteiger partial charge in [-0.25, -0.2) is 0 Å². The van der Waals surface area contributed by atoms with Gasteiger partial charge in [0.05, 0.1) is 0 Å². The van der Waals surface area contributed by atoms with Crippen molar-refractivity contribution >= 4 is 5.97 Å². The van der Waals surface area contributed by atoms with Gasteiger partial charge in [0.15, 0.2) is 0 Å². The van der Waals surface area contributed by atoms with E-state index in [1.54, 1.807) is 0 Å². The highest BCUT2D eigenvalue weighted by molar-refractivity contribution is 5.73. The molecule has 4 nitrogen and oxygen atoms in total. The van der Waals surface area contributed by atoms with Crippen molar-refractivity contribution in [3.05, 3.63) is 0 Å². The Kier molecular flexibility index (Phi) is 3.26. The van der Waals surface area contributed by atoms with E-state index in [1.165, 1.54) is 12.8 Å². The molecule has 86 valence electrons. The Bertz CT molecular complexity index is 241. The molecule has 0 amide bonds. The Morgan fingerprint density at radius 3 is 2.73 bits per heavy atom. The Labute approximate surface area is 90.6 Å². The molecule has 2 unspecified atom stereocenters. The second-order valence-corrected chi connectivity index (χ2v) is 4.82. The van der Waals surface area contributed by atoms with Gasteiger partial charge in [-0.2, -0.15) is 0 Å². The molecular formula is C11H20N2O2. The zero-order valence-corrected chi connectivity index (χ0v) is 9.28. The van der Waals surface area contributed by atoms with Crippen molar-refractivity contribution in [1.82, 2.24) is 10.2 Å². The van der Waals surface area contributed by atoms with Crippen LogP contribution in [0.15, 0.2) is 0 Å². The number of hydrogen-bond acceptors (Lipinski definition) is 3. The molecule has 2 fully saturated rings. The molecule has 2 N–H and O–H groups in total. The van der Waals surface area contributed by atoms with Gasteiger partial charge < -0.3 is 10.4 Å². The van der Waals surface area contributed by atoms with Crippen LogP contribution in [0.1, 0.15) is 32.6 Å². The number of carboxylic acid groups (broad SMARTS) is 1. The molecule has 0 spiro atoms. The van der Waals surface area contributed by atoms with Crippen molar-refractivity contribution in [2.75, 3.05) is 13.1 Å². The minimum absolute atomic E-state index is 0.377. The van der Waals surface area contributed by atoms with Crippen molar-refractivity contribution in [3.63, 3.8) is 0 Å². The van der Waals surface area contributed by atoms with Crippen molar-refractivity contribution in [2.24, 2.45) is 0 Å². The van der Waals surface area contributed by atoms with Crippen molar-refractivity contribution in [2.45, 2.75) is 50.7 Å². The van der Waals surface area contributed by atoms with E-state index >= 15 is 0 Å². The van der Waals surface area contributed by atoms with Crippen LogP contribution in [0.5, 0.6) is 0 Å². The van der Waals surface area contributed by atoms with Gasteiger partial charge in [-0.3, -0.25) is 9.69 Å². The highest BCUT2D eigenvalue weighted by atomic mass is 16.4.